The normalized spacial score (nSPS) is 33.6. The van der Waals surface area contributed by atoms with Gasteiger partial charge in [-0.25, -0.2) is 0 Å². The lowest BCUT2D eigenvalue weighted by molar-refractivity contribution is 0.203. The molecular formula is C20H24N2. The van der Waals surface area contributed by atoms with Crippen molar-refractivity contribution >= 4 is 0 Å². The van der Waals surface area contributed by atoms with E-state index in [1.165, 1.54) is 24.2 Å². The largest absolute Gasteiger partial charge is 0.295 e. The summed E-state index contributed by atoms with van der Waals surface area (Å²) in [4.78, 5) is 5.29. The molecule has 114 valence electrons. The summed E-state index contributed by atoms with van der Waals surface area (Å²) in [5.41, 5.74) is 3.51. The molecule has 2 heterocycles. The van der Waals surface area contributed by atoms with Crippen LogP contribution in [0, 0.1) is 0 Å². The molecule has 2 aliphatic rings. The van der Waals surface area contributed by atoms with Gasteiger partial charge in [-0.2, -0.15) is 0 Å². The van der Waals surface area contributed by atoms with Crippen LogP contribution in [-0.2, 0) is 13.1 Å². The molecule has 0 spiro atoms. The summed E-state index contributed by atoms with van der Waals surface area (Å²) in [6, 6.07) is 21.7. The van der Waals surface area contributed by atoms with Crippen molar-refractivity contribution in [1.82, 2.24) is 9.80 Å². The fourth-order valence-corrected chi connectivity index (χ4v) is 4.33. The van der Waals surface area contributed by atoms with Gasteiger partial charge in [0.1, 0.15) is 0 Å². The van der Waals surface area contributed by atoms with Crippen molar-refractivity contribution < 1.29 is 0 Å². The van der Waals surface area contributed by atoms with E-state index in [-0.39, 0.29) is 0 Å². The van der Waals surface area contributed by atoms with Gasteiger partial charge in [-0.3, -0.25) is 9.80 Å². The van der Waals surface area contributed by atoms with E-state index in [9.17, 15) is 0 Å². The second kappa shape index (κ2) is 4.94. The average Bonchev–Trinajstić information content (AvgIpc) is 2.82. The van der Waals surface area contributed by atoms with Crippen molar-refractivity contribution in [2.24, 2.45) is 0 Å². The lowest BCUT2D eigenvalue weighted by atomic mass is 10.0. The van der Waals surface area contributed by atoms with Crippen LogP contribution in [0.5, 0.6) is 0 Å². The third kappa shape index (κ3) is 2.10. The molecule has 0 amide bonds. The lowest BCUT2D eigenvalue weighted by Gasteiger charge is -2.24. The summed E-state index contributed by atoms with van der Waals surface area (Å²) >= 11 is 0. The smallest absolute Gasteiger partial charge is 0.0512 e. The van der Waals surface area contributed by atoms with Gasteiger partial charge < -0.3 is 0 Å². The molecule has 0 saturated carbocycles. The van der Waals surface area contributed by atoms with Crippen LogP contribution < -0.4 is 0 Å². The minimum atomic E-state index is 0.331. The maximum Gasteiger partial charge on any atom is 0.0512 e. The number of hydrogen-bond acceptors (Lipinski definition) is 2. The highest BCUT2D eigenvalue weighted by molar-refractivity contribution is 5.33. The van der Waals surface area contributed by atoms with Crippen molar-refractivity contribution in [3.05, 3.63) is 71.8 Å². The summed E-state index contributed by atoms with van der Waals surface area (Å²) in [7, 11) is 0. The van der Waals surface area contributed by atoms with E-state index in [4.69, 9.17) is 0 Å². The Labute approximate surface area is 133 Å². The van der Waals surface area contributed by atoms with E-state index in [1.807, 2.05) is 0 Å². The van der Waals surface area contributed by atoms with Gasteiger partial charge in [0.25, 0.3) is 0 Å². The first kappa shape index (κ1) is 14.0. The first-order chi connectivity index (χ1) is 10.6. The zero-order chi connectivity index (χ0) is 15.2. The van der Waals surface area contributed by atoms with E-state index >= 15 is 0 Å². The van der Waals surface area contributed by atoms with Crippen molar-refractivity contribution in [3.63, 3.8) is 0 Å². The minimum Gasteiger partial charge on any atom is -0.295 e. The summed E-state index contributed by atoms with van der Waals surface area (Å²) < 4.78 is 0. The van der Waals surface area contributed by atoms with Crippen molar-refractivity contribution in [2.45, 2.75) is 38.0 Å². The number of fused-ring (bicyclic) bond motifs is 1. The number of rotatable bonds is 4. The number of hydrogen-bond donors (Lipinski definition) is 0. The van der Waals surface area contributed by atoms with Crippen LogP contribution in [0.1, 0.15) is 25.0 Å². The van der Waals surface area contributed by atoms with Crippen LogP contribution in [0.3, 0.4) is 0 Å². The predicted molar refractivity (Wildman–Crippen MR) is 90.5 cm³/mol. The maximum atomic E-state index is 2.68. The van der Waals surface area contributed by atoms with Gasteiger partial charge >= 0.3 is 0 Å². The standard InChI is InChI=1S/C20H24N2/c1-19-15-21(13-17-9-5-3-6-10-17)16-20(19,2)22(19)14-18-11-7-4-8-12-18/h3-12H,13-16H2,1-2H3. The zero-order valence-electron chi connectivity index (χ0n) is 13.5. The lowest BCUT2D eigenvalue weighted by Crippen LogP contribution is -2.33. The molecule has 0 N–H and O–H groups in total. The SMILES string of the molecule is CC12CN(Cc3ccccc3)CC1(C)N2Cc1ccccc1. The second-order valence-corrected chi connectivity index (χ2v) is 7.25. The molecule has 2 fully saturated rings. The van der Waals surface area contributed by atoms with Crippen LogP contribution in [0.15, 0.2) is 60.7 Å². The van der Waals surface area contributed by atoms with Crippen LogP contribution in [0.2, 0.25) is 0 Å². The number of likely N-dealkylation sites (tertiary alicyclic amines) is 1. The molecule has 0 aliphatic carbocycles. The number of piperazine rings is 1. The number of nitrogens with zero attached hydrogens (tertiary/aromatic N) is 2. The molecule has 2 atom stereocenters. The Kier molecular flexibility index (Phi) is 3.14. The molecule has 2 saturated heterocycles. The minimum absolute atomic E-state index is 0.331. The highest BCUT2D eigenvalue weighted by Gasteiger charge is 2.72. The van der Waals surface area contributed by atoms with E-state index in [0.717, 1.165) is 13.1 Å². The third-order valence-electron chi connectivity index (χ3n) is 5.80. The van der Waals surface area contributed by atoms with Crippen LogP contribution in [0.25, 0.3) is 0 Å². The molecule has 4 rings (SSSR count). The molecular weight excluding hydrogens is 268 g/mol. The van der Waals surface area contributed by atoms with Crippen LogP contribution >= 0.6 is 0 Å². The first-order valence-electron chi connectivity index (χ1n) is 8.20. The second-order valence-electron chi connectivity index (χ2n) is 7.25. The van der Waals surface area contributed by atoms with E-state index in [2.05, 4.69) is 84.3 Å². The summed E-state index contributed by atoms with van der Waals surface area (Å²) in [6.07, 6.45) is 0. The van der Waals surface area contributed by atoms with Gasteiger partial charge in [-0.15, -0.1) is 0 Å². The fraction of sp³-hybridized carbons (Fsp3) is 0.400. The van der Waals surface area contributed by atoms with E-state index in [1.54, 1.807) is 0 Å². The van der Waals surface area contributed by atoms with Crippen molar-refractivity contribution in [2.75, 3.05) is 13.1 Å². The number of benzene rings is 2. The highest BCUT2D eigenvalue weighted by atomic mass is 15.5. The van der Waals surface area contributed by atoms with E-state index in [0.29, 0.717) is 11.1 Å². The Balaban J connectivity index is 1.43. The first-order valence-corrected chi connectivity index (χ1v) is 8.20. The zero-order valence-corrected chi connectivity index (χ0v) is 13.5. The Morgan fingerprint density at radius 3 is 1.68 bits per heavy atom. The Morgan fingerprint density at radius 1 is 0.727 bits per heavy atom. The van der Waals surface area contributed by atoms with Crippen molar-refractivity contribution in [1.29, 1.82) is 0 Å². The topological polar surface area (TPSA) is 6.25 Å². The molecule has 2 aromatic carbocycles. The van der Waals surface area contributed by atoms with Gasteiger partial charge in [0.2, 0.25) is 0 Å². The van der Waals surface area contributed by atoms with Gasteiger partial charge in [0.15, 0.2) is 0 Å². The van der Waals surface area contributed by atoms with Gasteiger partial charge in [0.05, 0.1) is 11.1 Å². The van der Waals surface area contributed by atoms with Gasteiger partial charge in [-0.05, 0) is 25.0 Å². The Bertz CT molecular complexity index is 636. The molecule has 2 unspecified atom stereocenters. The van der Waals surface area contributed by atoms with Crippen molar-refractivity contribution in [3.8, 4) is 0 Å². The molecule has 2 nitrogen and oxygen atoms in total. The molecule has 22 heavy (non-hydrogen) atoms. The van der Waals surface area contributed by atoms with Gasteiger partial charge in [0, 0.05) is 26.2 Å². The van der Waals surface area contributed by atoms with E-state index < -0.39 is 0 Å². The summed E-state index contributed by atoms with van der Waals surface area (Å²) in [6.45, 7) is 9.36. The molecule has 2 aromatic rings. The highest BCUT2D eigenvalue weighted by Crippen LogP contribution is 2.57. The summed E-state index contributed by atoms with van der Waals surface area (Å²) in [5.74, 6) is 0. The van der Waals surface area contributed by atoms with Gasteiger partial charge in [-0.1, -0.05) is 60.7 Å². The third-order valence-corrected chi connectivity index (χ3v) is 5.80. The molecule has 0 aromatic heterocycles. The Morgan fingerprint density at radius 2 is 1.18 bits per heavy atom. The quantitative estimate of drug-likeness (QED) is 0.795. The monoisotopic (exact) mass is 292 g/mol. The average molecular weight is 292 g/mol. The predicted octanol–water partition coefficient (Wildman–Crippen LogP) is 3.54. The Hall–Kier alpha value is -1.64. The maximum absolute atomic E-state index is 2.68. The molecule has 0 radical (unpaired) electrons. The molecule has 2 heteroatoms. The molecule has 0 bridgehead atoms. The summed E-state index contributed by atoms with van der Waals surface area (Å²) in [5, 5.41) is 0. The van der Waals surface area contributed by atoms with Crippen LogP contribution in [0.4, 0.5) is 0 Å². The molecule has 2 aliphatic heterocycles. The van der Waals surface area contributed by atoms with Crippen LogP contribution in [-0.4, -0.2) is 34.0 Å². The fourth-order valence-electron chi connectivity index (χ4n) is 4.33.